The number of piperidine rings is 1. The fourth-order valence-corrected chi connectivity index (χ4v) is 3.01. The standard InChI is InChI=1S/C17H23Cl2N3O3/c1-2-25-17(24)22-9-6-13(7-10-22)20-8-5-16(23)21-15-11-12(18)3-4-14(15)19/h3-4,11,13,20H,2,5-10H2,1H3,(H,21,23). The summed E-state index contributed by atoms with van der Waals surface area (Å²) in [7, 11) is 0. The van der Waals surface area contributed by atoms with E-state index in [1.807, 2.05) is 0 Å². The lowest BCUT2D eigenvalue weighted by Crippen LogP contribution is -2.45. The molecule has 0 aliphatic carbocycles. The molecule has 2 N–H and O–H groups in total. The van der Waals surface area contributed by atoms with Crippen LogP contribution in [0.3, 0.4) is 0 Å². The summed E-state index contributed by atoms with van der Waals surface area (Å²) >= 11 is 11.9. The summed E-state index contributed by atoms with van der Waals surface area (Å²) in [6, 6.07) is 5.24. The number of carbonyl (C=O) groups is 2. The number of halogens is 2. The van der Waals surface area contributed by atoms with Crippen LogP contribution in [0.4, 0.5) is 10.5 Å². The molecule has 1 aromatic carbocycles. The molecule has 0 atom stereocenters. The van der Waals surface area contributed by atoms with Crippen molar-refractivity contribution >= 4 is 40.9 Å². The maximum atomic E-state index is 12.0. The first kappa shape index (κ1) is 19.8. The predicted octanol–water partition coefficient (Wildman–Crippen LogP) is 3.53. The third kappa shape index (κ3) is 6.38. The molecule has 1 fully saturated rings. The monoisotopic (exact) mass is 387 g/mol. The minimum atomic E-state index is -0.251. The highest BCUT2D eigenvalue weighted by Crippen LogP contribution is 2.25. The van der Waals surface area contributed by atoms with Crippen molar-refractivity contribution in [3.8, 4) is 0 Å². The van der Waals surface area contributed by atoms with Gasteiger partial charge in [-0.1, -0.05) is 23.2 Å². The third-order valence-electron chi connectivity index (χ3n) is 4.01. The molecule has 0 bridgehead atoms. The largest absolute Gasteiger partial charge is 0.450 e. The Hall–Kier alpha value is -1.50. The zero-order valence-electron chi connectivity index (χ0n) is 14.2. The molecule has 2 rings (SSSR count). The van der Waals surface area contributed by atoms with Crippen LogP contribution in [0.2, 0.25) is 10.0 Å². The van der Waals surface area contributed by atoms with Crippen molar-refractivity contribution in [2.75, 3.05) is 31.6 Å². The zero-order valence-corrected chi connectivity index (χ0v) is 15.7. The summed E-state index contributed by atoms with van der Waals surface area (Å²) in [6.07, 6.45) is 1.78. The molecule has 1 heterocycles. The summed E-state index contributed by atoms with van der Waals surface area (Å²) in [6.45, 7) is 4.09. The van der Waals surface area contributed by atoms with E-state index in [1.54, 1.807) is 30.0 Å². The Morgan fingerprint density at radius 1 is 1.28 bits per heavy atom. The normalized spacial score (nSPS) is 15.1. The smallest absolute Gasteiger partial charge is 0.409 e. The average molecular weight is 388 g/mol. The van der Waals surface area contributed by atoms with Gasteiger partial charge in [0.1, 0.15) is 0 Å². The first-order valence-corrected chi connectivity index (χ1v) is 9.15. The van der Waals surface area contributed by atoms with Crippen LogP contribution in [0.25, 0.3) is 0 Å². The summed E-state index contributed by atoms with van der Waals surface area (Å²) in [4.78, 5) is 25.4. The van der Waals surface area contributed by atoms with Crippen molar-refractivity contribution in [3.05, 3.63) is 28.2 Å². The van der Waals surface area contributed by atoms with Gasteiger partial charge < -0.3 is 20.3 Å². The van der Waals surface area contributed by atoms with E-state index in [-0.39, 0.29) is 12.0 Å². The van der Waals surface area contributed by atoms with E-state index in [2.05, 4.69) is 10.6 Å². The molecular weight excluding hydrogens is 365 g/mol. The van der Waals surface area contributed by atoms with Gasteiger partial charge in [-0.2, -0.15) is 0 Å². The third-order valence-corrected chi connectivity index (χ3v) is 4.57. The number of nitrogens with one attached hydrogen (secondary N) is 2. The molecule has 0 aromatic heterocycles. The summed E-state index contributed by atoms with van der Waals surface area (Å²) in [5, 5.41) is 7.09. The molecule has 0 unspecified atom stereocenters. The van der Waals surface area contributed by atoms with Gasteiger partial charge >= 0.3 is 6.09 Å². The van der Waals surface area contributed by atoms with Crippen molar-refractivity contribution in [2.45, 2.75) is 32.2 Å². The lowest BCUT2D eigenvalue weighted by molar-refractivity contribution is -0.116. The van der Waals surface area contributed by atoms with Crippen LogP contribution in [0.15, 0.2) is 18.2 Å². The number of ether oxygens (including phenoxy) is 1. The molecule has 138 valence electrons. The van der Waals surface area contributed by atoms with E-state index in [4.69, 9.17) is 27.9 Å². The minimum absolute atomic E-state index is 0.124. The molecule has 2 amide bonds. The summed E-state index contributed by atoms with van der Waals surface area (Å²) < 4.78 is 5.00. The number of hydrogen-bond acceptors (Lipinski definition) is 4. The van der Waals surface area contributed by atoms with Gasteiger partial charge in [0.05, 0.1) is 17.3 Å². The van der Waals surface area contributed by atoms with Gasteiger partial charge in [0.25, 0.3) is 0 Å². The van der Waals surface area contributed by atoms with Gasteiger partial charge in [0, 0.05) is 37.1 Å². The Labute approximate surface area is 157 Å². The fourth-order valence-electron chi connectivity index (χ4n) is 2.68. The maximum Gasteiger partial charge on any atom is 0.409 e. The van der Waals surface area contributed by atoms with E-state index in [0.717, 1.165) is 12.8 Å². The fraction of sp³-hybridized carbons (Fsp3) is 0.529. The van der Waals surface area contributed by atoms with Gasteiger partial charge in [-0.05, 0) is 38.0 Å². The van der Waals surface area contributed by atoms with Crippen LogP contribution in [0.5, 0.6) is 0 Å². The van der Waals surface area contributed by atoms with Gasteiger partial charge in [0.2, 0.25) is 5.91 Å². The molecule has 6 nitrogen and oxygen atoms in total. The molecule has 1 aliphatic heterocycles. The van der Waals surface area contributed by atoms with Crippen molar-refractivity contribution in [1.29, 1.82) is 0 Å². The number of hydrogen-bond donors (Lipinski definition) is 2. The second kappa shape index (κ2) is 9.85. The van der Waals surface area contributed by atoms with Crippen LogP contribution in [0.1, 0.15) is 26.2 Å². The highest BCUT2D eigenvalue weighted by molar-refractivity contribution is 6.35. The quantitative estimate of drug-likeness (QED) is 0.782. The second-order valence-corrected chi connectivity index (χ2v) is 6.68. The Balaban J connectivity index is 1.67. The molecule has 1 aliphatic rings. The summed E-state index contributed by atoms with van der Waals surface area (Å²) in [5.41, 5.74) is 0.516. The van der Waals surface area contributed by atoms with Crippen LogP contribution in [-0.4, -0.2) is 49.2 Å². The van der Waals surface area contributed by atoms with E-state index >= 15 is 0 Å². The number of amides is 2. The van der Waals surface area contributed by atoms with Crippen molar-refractivity contribution in [2.24, 2.45) is 0 Å². The Morgan fingerprint density at radius 3 is 2.68 bits per heavy atom. The van der Waals surface area contributed by atoms with E-state index in [0.29, 0.717) is 54.4 Å². The molecule has 25 heavy (non-hydrogen) atoms. The molecule has 0 radical (unpaired) electrons. The topological polar surface area (TPSA) is 70.7 Å². The minimum Gasteiger partial charge on any atom is -0.450 e. The Morgan fingerprint density at radius 2 is 2.00 bits per heavy atom. The van der Waals surface area contributed by atoms with Crippen LogP contribution in [-0.2, 0) is 9.53 Å². The number of nitrogens with zero attached hydrogens (tertiary/aromatic N) is 1. The van der Waals surface area contributed by atoms with E-state index in [1.165, 1.54) is 0 Å². The van der Waals surface area contributed by atoms with Crippen molar-refractivity contribution in [1.82, 2.24) is 10.2 Å². The number of carbonyl (C=O) groups excluding carboxylic acids is 2. The molecule has 0 spiro atoms. The Bertz CT molecular complexity index is 605. The lowest BCUT2D eigenvalue weighted by atomic mass is 10.1. The maximum absolute atomic E-state index is 12.0. The van der Waals surface area contributed by atoms with Crippen LogP contribution < -0.4 is 10.6 Å². The molecule has 1 saturated heterocycles. The van der Waals surface area contributed by atoms with Crippen molar-refractivity contribution in [3.63, 3.8) is 0 Å². The van der Waals surface area contributed by atoms with Gasteiger partial charge in [-0.3, -0.25) is 4.79 Å². The van der Waals surface area contributed by atoms with E-state index in [9.17, 15) is 9.59 Å². The Kier molecular flexibility index (Phi) is 7.81. The van der Waals surface area contributed by atoms with Gasteiger partial charge in [0.15, 0.2) is 0 Å². The molecular formula is C17H23Cl2N3O3. The van der Waals surface area contributed by atoms with E-state index < -0.39 is 0 Å². The first-order chi connectivity index (χ1) is 12.0. The number of rotatable bonds is 6. The lowest BCUT2D eigenvalue weighted by Gasteiger charge is -2.31. The SMILES string of the molecule is CCOC(=O)N1CCC(NCCC(=O)Nc2cc(Cl)ccc2Cl)CC1. The van der Waals surface area contributed by atoms with Crippen LogP contribution >= 0.6 is 23.2 Å². The van der Waals surface area contributed by atoms with Gasteiger partial charge in [-0.25, -0.2) is 4.79 Å². The predicted molar refractivity (Wildman–Crippen MR) is 99.3 cm³/mol. The zero-order chi connectivity index (χ0) is 18.2. The number of benzene rings is 1. The highest BCUT2D eigenvalue weighted by Gasteiger charge is 2.23. The number of likely N-dealkylation sites (tertiary alicyclic amines) is 1. The number of anilines is 1. The molecule has 1 aromatic rings. The summed E-state index contributed by atoms with van der Waals surface area (Å²) in [5.74, 6) is -0.124. The van der Waals surface area contributed by atoms with Gasteiger partial charge in [-0.15, -0.1) is 0 Å². The van der Waals surface area contributed by atoms with Crippen molar-refractivity contribution < 1.29 is 14.3 Å². The second-order valence-electron chi connectivity index (χ2n) is 5.84. The first-order valence-electron chi connectivity index (χ1n) is 8.39. The average Bonchev–Trinajstić information content (AvgIpc) is 2.59. The molecule has 0 saturated carbocycles. The van der Waals surface area contributed by atoms with Crippen LogP contribution in [0, 0.1) is 0 Å². The highest BCUT2D eigenvalue weighted by atomic mass is 35.5. The molecule has 8 heteroatoms.